The minimum absolute atomic E-state index is 0.0417. The van der Waals surface area contributed by atoms with E-state index >= 15 is 0 Å². The van der Waals surface area contributed by atoms with E-state index in [0.717, 1.165) is 12.8 Å². The molecule has 1 N–H and O–H groups in total. The Balaban J connectivity index is 0. The maximum Gasteiger partial charge on any atom is 0.560 e. The van der Waals surface area contributed by atoms with Crippen LogP contribution in [0.2, 0.25) is 0 Å². The number of unbranched alkanes of at least 4 members (excludes halogenated alkanes) is 1. The standard InChI is InChI=1S/C4H10O.2BrH.Mg/c1-2-3-4-5;;;/h5H,2-4H2,1H3;2*1H;/q;;;+2/p-2. The van der Waals surface area contributed by atoms with Crippen molar-refractivity contribution in [2.24, 2.45) is 0 Å². The van der Waals surface area contributed by atoms with Crippen molar-refractivity contribution in [2.75, 3.05) is 6.61 Å². The summed E-state index contributed by atoms with van der Waals surface area (Å²) in [4.78, 5) is 0. The number of rotatable bonds is 2. The van der Waals surface area contributed by atoms with Crippen molar-refractivity contribution < 1.29 is 5.11 Å². The molecular weight excluding hydrogens is 248 g/mol. The van der Waals surface area contributed by atoms with Crippen LogP contribution in [-0.4, -0.2) is 27.7 Å². The molecule has 0 aromatic carbocycles. The average molecular weight is 258 g/mol. The number of hydrogen-bond donors (Lipinski definition) is 1. The van der Waals surface area contributed by atoms with Gasteiger partial charge in [0.25, 0.3) is 0 Å². The van der Waals surface area contributed by atoms with Gasteiger partial charge in [-0.2, -0.15) is 0 Å². The Hall–Kier alpha value is 1.69. The number of aliphatic hydroxyl groups excluding tert-OH is 1. The Morgan fingerprint density at radius 3 is 1.88 bits per heavy atom. The summed E-state index contributed by atoms with van der Waals surface area (Å²) >= 11 is 6.44. The maximum atomic E-state index is 8.07. The van der Waals surface area contributed by atoms with Gasteiger partial charge in [0.2, 0.25) is 0 Å². The van der Waals surface area contributed by atoms with Gasteiger partial charge in [-0.1, -0.05) is 13.3 Å². The van der Waals surface area contributed by atoms with E-state index < -0.39 is 0 Å². The smallest absolute Gasteiger partial charge is 0.396 e. The fourth-order valence-electron chi connectivity index (χ4n) is 0.158. The Morgan fingerprint density at radius 1 is 1.50 bits per heavy atom. The van der Waals surface area contributed by atoms with Crippen molar-refractivity contribution in [1.29, 1.82) is 0 Å². The third-order valence-corrected chi connectivity index (χ3v) is 0.512. The van der Waals surface area contributed by atoms with Gasteiger partial charge < -0.3 is 5.11 Å². The van der Waals surface area contributed by atoms with Crippen molar-refractivity contribution in [3.8, 4) is 0 Å². The highest BCUT2D eigenvalue weighted by molar-refractivity contribution is 9.47. The summed E-state index contributed by atoms with van der Waals surface area (Å²) in [7, 11) is 0. The van der Waals surface area contributed by atoms with Crippen LogP contribution in [0.15, 0.2) is 0 Å². The highest BCUT2D eigenvalue weighted by Gasteiger charge is 1.69. The summed E-state index contributed by atoms with van der Waals surface area (Å²) in [6.45, 7) is 2.40. The number of hydrogen-bond acceptors (Lipinski definition) is 1. The van der Waals surface area contributed by atoms with Gasteiger partial charge >= 0.3 is 16.0 Å². The van der Waals surface area contributed by atoms with E-state index in [-0.39, 0.29) is 16.0 Å². The normalized spacial score (nSPS) is 6.50. The lowest BCUT2D eigenvalue weighted by Gasteiger charge is -1.79. The van der Waals surface area contributed by atoms with Gasteiger partial charge in [-0.15, -0.1) is 0 Å². The first kappa shape index (κ1) is 12.4. The van der Waals surface area contributed by atoms with Crippen molar-refractivity contribution in [1.82, 2.24) is 0 Å². The molecule has 0 unspecified atom stereocenters. The van der Waals surface area contributed by atoms with Gasteiger partial charge in [-0.25, -0.2) is 0 Å². The minimum atomic E-state index is 0.0417. The number of halogens is 2. The fraction of sp³-hybridized carbons (Fsp3) is 1.00. The molecule has 0 aromatic rings. The molecule has 0 spiro atoms. The highest BCUT2D eigenvalue weighted by atomic mass is 79.9. The molecule has 0 radical (unpaired) electrons. The lowest BCUT2D eigenvalue weighted by molar-refractivity contribution is 0.287. The van der Waals surface area contributed by atoms with Gasteiger partial charge in [-0.05, 0) is 6.42 Å². The topological polar surface area (TPSA) is 20.2 Å². The predicted molar refractivity (Wildman–Crippen MR) is 45.6 cm³/mol. The summed E-state index contributed by atoms with van der Waals surface area (Å²) < 4.78 is 0. The van der Waals surface area contributed by atoms with Crippen LogP contribution in [0.25, 0.3) is 0 Å². The van der Waals surface area contributed by atoms with Crippen molar-refractivity contribution in [3.63, 3.8) is 0 Å². The molecule has 0 fully saturated rings. The lowest BCUT2D eigenvalue weighted by Crippen LogP contribution is -1.75. The molecular formula is C4H10Br2MgO. The van der Waals surface area contributed by atoms with E-state index in [0.29, 0.717) is 6.61 Å². The third-order valence-electron chi connectivity index (χ3n) is 0.512. The van der Waals surface area contributed by atoms with Crippen LogP contribution < -0.4 is 0 Å². The molecule has 48 valence electrons. The molecule has 0 saturated carbocycles. The van der Waals surface area contributed by atoms with E-state index in [1.54, 1.807) is 0 Å². The molecule has 4 heteroatoms. The molecule has 0 aromatic heterocycles. The molecule has 0 amide bonds. The Kier molecular flexibility index (Phi) is 24.5. The zero-order valence-corrected chi connectivity index (χ0v) is 9.62. The van der Waals surface area contributed by atoms with Crippen molar-refractivity contribution in [2.45, 2.75) is 19.8 Å². The zero-order valence-electron chi connectivity index (χ0n) is 5.03. The van der Waals surface area contributed by atoms with E-state index in [1.165, 1.54) is 0 Å². The largest absolute Gasteiger partial charge is 0.560 e. The average Bonchev–Trinajstić information content (AvgIpc) is 1.71. The van der Waals surface area contributed by atoms with Gasteiger partial charge in [0.05, 0.1) is 0 Å². The van der Waals surface area contributed by atoms with Crippen LogP contribution in [0.4, 0.5) is 0 Å². The van der Waals surface area contributed by atoms with E-state index in [2.05, 4.69) is 32.7 Å². The van der Waals surface area contributed by atoms with Crippen LogP contribution >= 0.6 is 25.8 Å². The molecule has 1 nitrogen and oxygen atoms in total. The Bertz CT molecular complexity index is 28.0. The molecule has 0 rings (SSSR count). The Morgan fingerprint density at radius 2 is 1.88 bits per heavy atom. The van der Waals surface area contributed by atoms with Crippen molar-refractivity contribution >= 4 is 41.8 Å². The monoisotopic (exact) mass is 256 g/mol. The van der Waals surface area contributed by atoms with Gasteiger partial charge in [0.15, 0.2) is 0 Å². The molecule has 0 heterocycles. The SMILES string of the molecule is CCCCO.[Br][Mg][Br]. The number of aliphatic hydroxyl groups is 1. The summed E-state index contributed by atoms with van der Waals surface area (Å²) in [5.74, 6) is 0. The van der Waals surface area contributed by atoms with E-state index in [9.17, 15) is 0 Å². The van der Waals surface area contributed by atoms with Crippen LogP contribution in [0, 0.1) is 0 Å². The summed E-state index contributed by atoms with van der Waals surface area (Å²) in [5, 5.41) is 8.07. The highest BCUT2D eigenvalue weighted by Crippen LogP contribution is 1.79. The quantitative estimate of drug-likeness (QED) is 0.752. The third kappa shape index (κ3) is 25.3. The molecule has 0 saturated heterocycles. The van der Waals surface area contributed by atoms with Gasteiger partial charge in [-0.3, -0.25) is 25.8 Å². The van der Waals surface area contributed by atoms with E-state index in [1.807, 2.05) is 0 Å². The molecule has 8 heavy (non-hydrogen) atoms. The first-order valence-electron chi connectivity index (χ1n) is 2.56. The van der Waals surface area contributed by atoms with E-state index in [4.69, 9.17) is 5.11 Å². The van der Waals surface area contributed by atoms with Gasteiger partial charge in [0, 0.05) is 6.61 Å². The molecule has 0 bridgehead atoms. The molecule has 0 aliphatic heterocycles. The molecule has 0 aliphatic rings. The second-order valence-corrected chi connectivity index (χ2v) is 9.26. The van der Waals surface area contributed by atoms with Gasteiger partial charge in [0.1, 0.15) is 0 Å². The summed E-state index contributed by atoms with van der Waals surface area (Å²) in [6, 6.07) is 0. The maximum absolute atomic E-state index is 8.07. The second-order valence-electron chi connectivity index (χ2n) is 1.18. The Labute approximate surface area is 72.7 Å². The molecule has 0 aliphatic carbocycles. The van der Waals surface area contributed by atoms with Crippen LogP contribution in [0.1, 0.15) is 19.8 Å². The zero-order chi connectivity index (χ0) is 6.83. The summed E-state index contributed by atoms with van der Waals surface area (Å²) in [6.07, 6.45) is 2.04. The first-order valence-corrected chi connectivity index (χ1v) is 10.4. The lowest BCUT2D eigenvalue weighted by atomic mass is 10.4. The second kappa shape index (κ2) is 15.9. The van der Waals surface area contributed by atoms with Crippen LogP contribution in [0.3, 0.4) is 0 Å². The summed E-state index contributed by atoms with van der Waals surface area (Å²) in [5.41, 5.74) is 0. The van der Waals surface area contributed by atoms with Crippen LogP contribution in [-0.2, 0) is 0 Å². The van der Waals surface area contributed by atoms with Crippen LogP contribution in [0.5, 0.6) is 0 Å². The fourth-order valence-corrected chi connectivity index (χ4v) is 0.158. The molecule has 0 atom stereocenters. The predicted octanol–water partition coefficient (Wildman–Crippen LogP) is 2.09. The minimum Gasteiger partial charge on any atom is -0.396 e. The van der Waals surface area contributed by atoms with Crippen molar-refractivity contribution in [3.05, 3.63) is 0 Å². The first-order chi connectivity index (χ1) is 3.83.